The summed E-state index contributed by atoms with van der Waals surface area (Å²) in [5, 5.41) is 13.2. The Bertz CT molecular complexity index is 1060. The fourth-order valence-electron chi connectivity index (χ4n) is 3.14. The van der Waals surface area contributed by atoms with E-state index in [2.05, 4.69) is 5.10 Å². The molecular weight excluding hydrogens is 359 g/mol. The van der Waals surface area contributed by atoms with Crippen LogP contribution < -0.4 is 4.74 Å². The van der Waals surface area contributed by atoms with Gasteiger partial charge in [-0.05, 0) is 23.8 Å². The second-order valence-electron chi connectivity index (χ2n) is 6.50. The van der Waals surface area contributed by atoms with Gasteiger partial charge in [0.1, 0.15) is 18.5 Å². The van der Waals surface area contributed by atoms with E-state index in [0.717, 1.165) is 17.3 Å². The van der Waals surface area contributed by atoms with E-state index in [0.29, 0.717) is 32.1 Å². The van der Waals surface area contributed by atoms with Gasteiger partial charge < -0.3 is 9.64 Å². The van der Waals surface area contributed by atoms with Gasteiger partial charge in [-0.1, -0.05) is 30.3 Å². The lowest BCUT2D eigenvalue weighted by Gasteiger charge is -2.27. The van der Waals surface area contributed by atoms with Crippen molar-refractivity contribution in [3.8, 4) is 11.9 Å². The number of carbonyl (C=O) groups excluding carboxylic acids is 1. The third-order valence-electron chi connectivity index (χ3n) is 4.63. The molecule has 4 rings (SSSR count). The molecule has 1 amide bonds. The van der Waals surface area contributed by atoms with Crippen molar-refractivity contribution in [2.24, 2.45) is 0 Å². The summed E-state index contributed by atoms with van der Waals surface area (Å²) in [5.74, 6) is -0.452. The summed E-state index contributed by atoms with van der Waals surface area (Å²) in [4.78, 5) is 14.3. The monoisotopic (exact) mass is 376 g/mol. The number of carbonyl (C=O) groups is 1. The van der Waals surface area contributed by atoms with Crippen molar-refractivity contribution in [3.05, 3.63) is 82.8 Å². The zero-order valence-electron chi connectivity index (χ0n) is 15.0. The van der Waals surface area contributed by atoms with E-state index in [1.54, 1.807) is 11.0 Å². The third kappa shape index (κ3) is 3.58. The molecule has 0 N–H and O–H groups in total. The quantitative estimate of drug-likeness (QED) is 0.701. The van der Waals surface area contributed by atoms with Crippen LogP contribution in [0.5, 0.6) is 5.88 Å². The van der Waals surface area contributed by atoms with Crippen LogP contribution in [0.1, 0.15) is 27.2 Å². The molecule has 2 aromatic carbocycles. The molecule has 7 heteroatoms. The highest BCUT2D eigenvalue weighted by Gasteiger charge is 2.24. The number of hydrogen-bond acceptors (Lipinski definition) is 4. The normalized spacial score (nSPS) is 12.9. The van der Waals surface area contributed by atoms with E-state index in [4.69, 9.17) is 10.00 Å². The third-order valence-corrected chi connectivity index (χ3v) is 4.63. The Labute approximate surface area is 161 Å². The maximum absolute atomic E-state index is 13.8. The average Bonchev–Trinajstić information content (AvgIpc) is 3.14. The van der Waals surface area contributed by atoms with Gasteiger partial charge in [-0.15, -0.1) is 5.10 Å². The van der Waals surface area contributed by atoms with Gasteiger partial charge in [0, 0.05) is 18.2 Å². The van der Waals surface area contributed by atoms with Crippen LogP contribution >= 0.6 is 0 Å². The van der Waals surface area contributed by atoms with Crippen molar-refractivity contribution in [3.63, 3.8) is 0 Å². The lowest BCUT2D eigenvalue weighted by Crippen LogP contribution is -2.38. The average molecular weight is 376 g/mol. The molecule has 2 heterocycles. The number of nitriles is 1. The van der Waals surface area contributed by atoms with Gasteiger partial charge in [-0.2, -0.15) is 5.26 Å². The number of hydrogen-bond donors (Lipinski definition) is 0. The highest BCUT2D eigenvalue weighted by atomic mass is 19.1. The van der Waals surface area contributed by atoms with Crippen molar-refractivity contribution < 1.29 is 13.9 Å². The van der Waals surface area contributed by atoms with Crippen molar-refractivity contribution in [1.82, 2.24) is 14.7 Å². The first-order valence-electron chi connectivity index (χ1n) is 8.86. The molecule has 1 aliphatic rings. The smallest absolute Gasteiger partial charge is 0.254 e. The number of rotatable bonds is 4. The minimum absolute atomic E-state index is 0.0755. The van der Waals surface area contributed by atoms with Gasteiger partial charge in [-0.3, -0.25) is 9.48 Å². The first-order chi connectivity index (χ1) is 13.6. The van der Waals surface area contributed by atoms with Gasteiger partial charge in [0.2, 0.25) is 5.88 Å². The second kappa shape index (κ2) is 7.53. The zero-order chi connectivity index (χ0) is 19.5. The molecule has 6 nitrogen and oxygen atoms in total. The summed E-state index contributed by atoms with van der Waals surface area (Å²) in [6.45, 7) is 1.79. The highest BCUT2D eigenvalue weighted by molar-refractivity contribution is 5.94. The molecule has 0 atom stereocenters. The molecule has 0 saturated carbocycles. The van der Waals surface area contributed by atoms with E-state index in [-0.39, 0.29) is 17.0 Å². The van der Waals surface area contributed by atoms with E-state index in [9.17, 15) is 9.18 Å². The Morgan fingerprint density at radius 1 is 1.18 bits per heavy atom. The van der Waals surface area contributed by atoms with Gasteiger partial charge in [0.25, 0.3) is 5.91 Å². The Kier molecular flexibility index (Phi) is 4.77. The first-order valence-corrected chi connectivity index (χ1v) is 8.86. The lowest BCUT2D eigenvalue weighted by molar-refractivity contribution is 0.0705. The topological polar surface area (TPSA) is 71.2 Å². The summed E-state index contributed by atoms with van der Waals surface area (Å²) in [7, 11) is 0. The molecule has 28 heavy (non-hydrogen) atoms. The summed E-state index contributed by atoms with van der Waals surface area (Å²) < 4.78 is 21.4. The second-order valence-corrected chi connectivity index (χ2v) is 6.50. The standard InChI is InChI=1S/C21H17FN4O2/c22-19-10-16(6-7-17(19)12-23)21(27)25-8-9-26-18(13-25)11-20(24-26)28-14-15-4-2-1-3-5-15/h1-7,10-11H,8-9,13-14H2. The fourth-order valence-corrected chi connectivity index (χ4v) is 3.14. The largest absolute Gasteiger partial charge is 0.472 e. The molecule has 0 spiro atoms. The van der Waals surface area contributed by atoms with Crippen molar-refractivity contribution >= 4 is 5.91 Å². The Hall–Kier alpha value is -3.66. The number of nitrogens with zero attached hydrogens (tertiary/aromatic N) is 4. The molecule has 0 bridgehead atoms. The number of fused-ring (bicyclic) bond motifs is 1. The van der Waals surface area contributed by atoms with E-state index in [1.807, 2.05) is 41.1 Å². The molecule has 0 aliphatic carbocycles. The number of ether oxygens (including phenoxy) is 1. The van der Waals surface area contributed by atoms with E-state index < -0.39 is 5.82 Å². The SMILES string of the molecule is N#Cc1ccc(C(=O)N2CCn3nc(OCc4ccccc4)cc3C2)cc1F. The Morgan fingerprint density at radius 3 is 2.75 bits per heavy atom. The van der Waals surface area contributed by atoms with Crippen LogP contribution in [0.3, 0.4) is 0 Å². The molecule has 3 aromatic rings. The van der Waals surface area contributed by atoms with Crippen LogP contribution in [-0.4, -0.2) is 27.1 Å². The molecule has 0 saturated heterocycles. The van der Waals surface area contributed by atoms with Crippen LogP contribution in [0, 0.1) is 17.1 Å². The Morgan fingerprint density at radius 2 is 2.00 bits per heavy atom. The van der Waals surface area contributed by atoms with Gasteiger partial charge >= 0.3 is 0 Å². The predicted molar refractivity (Wildman–Crippen MR) is 98.9 cm³/mol. The van der Waals surface area contributed by atoms with Crippen LogP contribution in [0.4, 0.5) is 4.39 Å². The summed E-state index contributed by atoms with van der Waals surface area (Å²) in [6.07, 6.45) is 0. The van der Waals surface area contributed by atoms with Crippen LogP contribution in [0.15, 0.2) is 54.6 Å². The van der Waals surface area contributed by atoms with Gasteiger partial charge in [0.15, 0.2) is 0 Å². The highest BCUT2D eigenvalue weighted by Crippen LogP contribution is 2.21. The Balaban J connectivity index is 1.44. The fraction of sp³-hybridized carbons (Fsp3) is 0.190. The zero-order valence-corrected chi connectivity index (χ0v) is 15.0. The summed E-state index contributed by atoms with van der Waals surface area (Å²) in [5.41, 5.74) is 2.06. The van der Waals surface area contributed by atoms with Crippen LogP contribution in [0.2, 0.25) is 0 Å². The van der Waals surface area contributed by atoms with E-state index >= 15 is 0 Å². The van der Waals surface area contributed by atoms with Crippen molar-refractivity contribution in [1.29, 1.82) is 5.26 Å². The minimum atomic E-state index is -0.688. The predicted octanol–water partition coefficient (Wildman–Crippen LogP) is 3.13. The molecule has 1 aromatic heterocycles. The maximum Gasteiger partial charge on any atom is 0.254 e. The summed E-state index contributed by atoms with van der Waals surface area (Å²) in [6, 6.07) is 17.3. The first kappa shape index (κ1) is 17.7. The minimum Gasteiger partial charge on any atom is -0.472 e. The molecule has 1 aliphatic heterocycles. The number of halogens is 1. The molecular formula is C21H17FN4O2. The molecule has 0 fully saturated rings. The maximum atomic E-state index is 13.8. The molecule has 0 unspecified atom stereocenters. The number of aromatic nitrogens is 2. The van der Waals surface area contributed by atoms with Crippen molar-refractivity contribution in [2.45, 2.75) is 19.7 Å². The molecule has 0 radical (unpaired) electrons. The number of benzene rings is 2. The summed E-state index contributed by atoms with van der Waals surface area (Å²) >= 11 is 0. The van der Waals surface area contributed by atoms with Crippen LogP contribution in [-0.2, 0) is 19.7 Å². The molecule has 140 valence electrons. The lowest BCUT2D eigenvalue weighted by atomic mass is 10.1. The van der Waals surface area contributed by atoms with Gasteiger partial charge in [-0.25, -0.2) is 4.39 Å². The van der Waals surface area contributed by atoms with Gasteiger partial charge in [0.05, 0.1) is 24.3 Å². The van der Waals surface area contributed by atoms with E-state index in [1.165, 1.54) is 12.1 Å². The van der Waals surface area contributed by atoms with Crippen molar-refractivity contribution in [2.75, 3.05) is 6.54 Å². The number of amides is 1. The van der Waals surface area contributed by atoms with Crippen LogP contribution in [0.25, 0.3) is 0 Å².